The molecule has 0 spiro atoms. The predicted molar refractivity (Wildman–Crippen MR) is 102 cm³/mol. The first-order valence-corrected chi connectivity index (χ1v) is 8.52. The number of hydrogen-bond acceptors (Lipinski definition) is 6. The van der Waals surface area contributed by atoms with E-state index in [1.54, 1.807) is 41.5 Å². The summed E-state index contributed by atoms with van der Waals surface area (Å²) >= 11 is 0. The fourth-order valence-corrected chi connectivity index (χ4v) is 1.79. The molecule has 0 radical (unpaired) electrons. The summed E-state index contributed by atoms with van der Waals surface area (Å²) in [6.07, 6.45) is 1.33. The Morgan fingerprint density at radius 3 is 1.96 bits per heavy atom. The number of alkyl carbamates (subject to hydrolysis) is 1. The molecule has 0 aromatic rings. The first-order valence-electron chi connectivity index (χ1n) is 8.52. The molecule has 0 unspecified atom stereocenters. The highest BCUT2D eigenvalue weighted by molar-refractivity contribution is 5.85. The average molecular weight is 396 g/mol. The lowest BCUT2D eigenvalue weighted by Gasteiger charge is -2.20. The van der Waals surface area contributed by atoms with Crippen molar-refractivity contribution in [2.24, 2.45) is 5.73 Å². The van der Waals surface area contributed by atoms with E-state index >= 15 is 0 Å². The third-order valence-corrected chi connectivity index (χ3v) is 2.77. The lowest BCUT2D eigenvalue weighted by molar-refractivity contribution is -0.154. The van der Waals surface area contributed by atoms with E-state index in [-0.39, 0.29) is 19.0 Å². The number of rotatable bonds is 8. The molecule has 0 aromatic carbocycles. The third kappa shape index (κ3) is 16.0. The van der Waals surface area contributed by atoms with Crippen molar-refractivity contribution in [2.75, 3.05) is 13.1 Å². The van der Waals surface area contributed by atoms with E-state index in [1.165, 1.54) is 0 Å². The molecule has 4 N–H and O–H groups in total. The SMILES string of the molecule is CC(C)(C)OC(=O)CNC(=O)[C@@H](N)CCCCNC(=O)OC(C)(C)C.Cl. The van der Waals surface area contributed by atoms with Crippen LogP contribution in [0.3, 0.4) is 0 Å². The van der Waals surface area contributed by atoms with Crippen molar-refractivity contribution < 1.29 is 23.9 Å². The predicted octanol–water partition coefficient (Wildman–Crippen LogP) is 1.89. The molecule has 0 saturated carbocycles. The van der Waals surface area contributed by atoms with Crippen molar-refractivity contribution in [3.05, 3.63) is 0 Å². The molecule has 0 aliphatic rings. The van der Waals surface area contributed by atoms with Crippen LogP contribution in [0, 0.1) is 0 Å². The van der Waals surface area contributed by atoms with Crippen LogP contribution in [0.4, 0.5) is 4.79 Å². The maximum Gasteiger partial charge on any atom is 0.407 e. The number of amides is 2. The number of unbranched alkanes of at least 4 members (excludes halogenated alkanes) is 1. The molecule has 0 aliphatic carbocycles. The maximum absolute atomic E-state index is 11.8. The summed E-state index contributed by atoms with van der Waals surface area (Å²) in [6, 6.07) is -0.705. The van der Waals surface area contributed by atoms with E-state index in [1.807, 2.05) is 0 Å². The molecule has 1 atom stereocenters. The largest absolute Gasteiger partial charge is 0.459 e. The second-order valence-electron chi connectivity index (χ2n) is 7.84. The van der Waals surface area contributed by atoms with Gasteiger partial charge < -0.3 is 25.8 Å². The van der Waals surface area contributed by atoms with Crippen LogP contribution in [-0.2, 0) is 19.1 Å². The lowest BCUT2D eigenvalue weighted by Crippen LogP contribution is -2.43. The number of esters is 1. The summed E-state index contributed by atoms with van der Waals surface area (Å²) in [7, 11) is 0. The van der Waals surface area contributed by atoms with Gasteiger partial charge in [-0.3, -0.25) is 9.59 Å². The normalized spacial score (nSPS) is 12.4. The van der Waals surface area contributed by atoms with E-state index in [0.29, 0.717) is 25.8 Å². The standard InChI is InChI=1S/C17H33N3O5.ClH/c1-16(2,3)24-13(21)11-20-14(22)12(18)9-7-8-10-19-15(23)25-17(4,5)6;/h12H,7-11,18H2,1-6H3,(H,19,23)(H,20,22);1H/t12-;/m0./s1. The van der Waals surface area contributed by atoms with E-state index in [4.69, 9.17) is 15.2 Å². The van der Waals surface area contributed by atoms with Crippen molar-refractivity contribution in [1.82, 2.24) is 10.6 Å². The minimum absolute atomic E-state index is 0. The monoisotopic (exact) mass is 395 g/mol. The fourth-order valence-electron chi connectivity index (χ4n) is 1.79. The van der Waals surface area contributed by atoms with E-state index in [0.717, 1.165) is 0 Å². The molecule has 9 heteroatoms. The Morgan fingerprint density at radius 2 is 1.46 bits per heavy atom. The van der Waals surface area contributed by atoms with Gasteiger partial charge in [-0.25, -0.2) is 4.79 Å². The molecule has 0 fully saturated rings. The fraction of sp³-hybridized carbons (Fsp3) is 0.824. The molecule has 0 aliphatic heterocycles. The zero-order valence-corrected chi connectivity index (χ0v) is 17.5. The molecule has 8 nitrogen and oxygen atoms in total. The summed E-state index contributed by atoms with van der Waals surface area (Å²) in [5, 5.41) is 5.10. The number of hydrogen-bond donors (Lipinski definition) is 3. The smallest absolute Gasteiger partial charge is 0.407 e. The second-order valence-corrected chi connectivity index (χ2v) is 7.84. The van der Waals surface area contributed by atoms with Crippen molar-refractivity contribution in [2.45, 2.75) is 78.0 Å². The maximum atomic E-state index is 11.8. The van der Waals surface area contributed by atoms with Gasteiger partial charge in [0.1, 0.15) is 17.7 Å². The Kier molecular flexibility index (Phi) is 12.3. The topological polar surface area (TPSA) is 120 Å². The summed E-state index contributed by atoms with van der Waals surface area (Å²) in [5.41, 5.74) is 4.66. The highest BCUT2D eigenvalue weighted by Gasteiger charge is 2.19. The molecule has 0 saturated heterocycles. The molecule has 0 rings (SSSR count). The van der Waals surface area contributed by atoms with Crippen LogP contribution in [0.1, 0.15) is 60.8 Å². The van der Waals surface area contributed by atoms with Gasteiger partial charge in [-0.1, -0.05) is 0 Å². The van der Waals surface area contributed by atoms with Crippen LogP contribution in [0.15, 0.2) is 0 Å². The third-order valence-electron chi connectivity index (χ3n) is 2.77. The molecule has 26 heavy (non-hydrogen) atoms. The second kappa shape index (κ2) is 12.0. The number of carbonyl (C=O) groups excluding carboxylic acids is 3. The number of carbonyl (C=O) groups is 3. The van der Waals surface area contributed by atoms with Gasteiger partial charge in [0.15, 0.2) is 0 Å². The van der Waals surface area contributed by atoms with Crippen molar-refractivity contribution in [3.8, 4) is 0 Å². The van der Waals surface area contributed by atoms with Gasteiger partial charge in [0.25, 0.3) is 0 Å². The zero-order valence-electron chi connectivity index (χ0n) is 16.6. The molecular formula is C17H34ClN3O5. The van der Waals surface area contributed by atoms with Crippen LogP contribution in [0.5, 0.6) is 0 Å². The van der Waals surface area contributed by atoms with Crippen LogP contribution in [0.25, 0.3) is 0 Å². The number of halogens is 1. The molecular weight excluding hydrogens is 362 g/mol. The number of nitrogens with two attached hydrogens (primary N) is 1. The highest BCUT2D eigenvalue weighted by atomic mass is 35.5. The van der Waals surface area contributed by atoms with Gasteiger partial charge in [-0.15, -0.1) is 12.4 Å². The van der Waals surface area contributed by atoms with Gasteiger partial charge in [0, 0.05) is 6.54 Å². The first kappa shape index (κ1) is 26.7. The first-order chi connectivity index (χ1) is 11.3. The van der Waals surface area contributed by atoms with Crippen molar-refractivity contribution in [3.63, 3.8) is 0 Å². The van der Waals surface area contributed by atoms with Gasteiger partial charge in [0.05, 0.1) is 6.04 Å². The highest BCUT2D eigenvalue weighted by Crippen LogP contribution is 2.07. The minimum atomic E-state index is -0.705. The zero-order chi connectivity index (χ0) is 19.7. The lowest BCUT2D eigenvalue weighted by atomic mass is 10.1. The molecule has 2 amide bonds. The van der Waals surface area contributed by atoms with Crippen LogP contribution >= 0.6 is 12.4 Å². The average Bonchev–Trinajstić information content (AvgIpc) is 2.40. The molecule has 0 bridgehead atoms. The van der Waals surface area contributed by atoms with Gasteiger partial charge in [-0.05, 0) is 60.8 Å². The number of nitrogens with one attached hydrogen (secondary N) is 2. The summed E-state index contributed by atoms with van der Waals surface area (Å²) < 4.78 is 10.2. The van der Waals surface area contributed by atoms with Crippen LogP contribution < -0.4 is 16.4 Å². The van der Waals surface area contributed by atoms with Crippen molar-refractivity contribution >= 4 is 30.4 Å². The molecule has 0 aromatic heterocycles. The Hall–Kier alpha value is -1.54. The van der Waals surface area contributed by atoms with Gasteiger partial charge in [-0.2, -0.15) is 0 Å². The molecule has 154 valence electrons. The summed E-state index contributed by atoms with van der Waals surface area (Å²) in [4.78, 5) is 34.8. The van der Waals surface area contributed by atoms with Crippen molar-refractivity contribution in [1.29, 1.82) is 0 Å². The Labute approximate surface area is 162 Å². The Morgan fingerprint density at radius 1 is 0.923 bits per heavy atom. The van der Waals surface area contributed by atoms with Gasteiger partial charge >= 0.3 is 12.1 Å². The summed E-state index contributed by atoms with van der Waals surface area (Å²) in [5.74, 6) is -0.902. The Balaban J connectivity index is 0. The van der Waals surface area contributed by atoms with E-state index in [2.05, 4.69) is 10.6 Å². The number of ether oxygens (including phenoxy) is 2. The van der Waals surface area contributed by atoms with Crippen LogP contribution in [-0.4, -0.2) is 48.3 Å². The van der Waals surface area contributed by atoms with E-state index in [9.17, 15) is 14.4 Å². The quantitative estimate of drug-likeness (QED) is 0.426. The minimum Gasteiger partial charge on any atom is -0.459 e. The van der Waals surface area contributed by atoms with E-state index < -0.39 is 35.2 Å². The molecule has 0 heterocycles. The Bertz CT molecular complexity index is 458. The summed E-state index contributed by atoms with van der Waals surface area (Å²) in [6.45, 7) is 10.9. The van der Waals surface area contributed by atoms with Crippen LogP contribution in [0.2, 0.25) is 0 Å². The van der Waals surface area contributed by atoms with Gasteiger partial charge in [0.2, 0.25) is 5.91 Å².